The molecule has 140 valence electrons. The normalized spacial score (nSPS) is 12.4. The van der Waals surface area contributed by atoms with Crippen LogP contribution in [0.3, 0.4) is 0 Å². The predicted molar refractivity (Wildman–Crippen MR) is 102 cm³/mol. The van der Waals surface area contributed by atoms with Gasteiger partial charge < -0.3 is 10.1 Å². The fourth-order valence-corrected chi connectivity index (χ4v) is 3.20. The van der Waals surface area contributed by atoms with E-state index in [-0.39, 0.29) is 16.8 Å². The van der Waals surface area contributed by atoms with Gasteiger partial charge in [0.25, 0.3) is 0 Å². The molecule has 0 saturated heterocycles. The molecule has 0 heterocycles. The van der Waals surface area contributed by atoms with Gasteiger partial charge in [0.15, 0.2) is 9.84 Å². The monoisotopic (exact) mass is 375 g/mol. The number of benzene rings is 2. The number of sulfone groups is 1. The topological polar surface area (TPSA) is 72.5 Å². The summed E-state index contributed by atoms with van der Waals surface area (Å²) < 4.78 is 28.6. The van der Waals surface area contributed by atoms with Gasteiger partial charge in [-0.05, 0) is 42.7 Å². The summed E-state index contributed by atoms with van der Waals surface area (Å²) in [5, 5.41) is 3.00. The first-order chi connectivity index (χ1) is 12.4. The molecule has 0 saturated carbocycles. The van der Waals surface area contributed by atoms with Crippen LogP contribution in [0.4, 0.5) is 0 Å². The Labute approximate surface area is 155 Å². The van der Waals surface area contributed by atoms with E-state index in [4.69, 9.17) is 4.74 Å². The van der Waals surface area contributed by atoms with Crippen LogP contribution >= 0.6 is 0 Å². The molecule has 1 atom stereocenters. The highest BCUT2D eigenvalue weighted by atomic mass is 32.2. The third-order valence-corrected chi connectivity index (χ3v) is 5.14. The quantitative estimate of drug-likeness (QED) is 0.681. The first-order valence-corrected chi connectivity index (χ1v) is 10.6. The van der Waals surface area contributed by atoms with Crippen LogP contribution < -0.4 is 10.1 Å². The predicted octanol–water partition coefficient (Wildman–Crippen LogP) is 3.52. The molecule has 1 N–H and O–H groups in total. The Hall–Kier alpha value is -2.34. The molecule has 0 unspecified atom stereocenters. The number of rotatable bonds is 9. The molecule has 0 bridgehead atoms. The Balaban J connectivity index is 1.82. The fourth-order valence-electron chi connectivity index (χ4n) is 2.57. The third-order valence-electron chi connectivity index (χ3n) is 4.01. The lowest BCUT2D eigenvalue weighted by Gasteiger charge is -2.18. The van der Waals surface area contributed by atoms with E-state index in [1.54, 1.807) is 24.3 Å². The molecule has 5 nitrogen and oxygen atoms in total. The molecule has 0 spiro atoms. The van der Waals surface area contributed by atoms with Crippen molar-refractivity contribution < 1.29 is 17.9 Å². The van der Waals surface area contributed by atoms with Crippen LogP contribution in [0.5, 0.6) is 5.75 Å². The van der Waals surface area contributed by atoms with Crippen LogP contribution in [0.1, 0.15) is 37.8 Å². The number of ether oxygens (including phenoxy) is 1. The van der Waals surface area contributed by atoms with Gasteiger partial charge in [-0.2, -0.15) is 0 Å². The van der Waals surface area contributed by atoms with Crippen LogP contribution in [0.25, 0.3) is 0 Å². The van der Waals surface area contributed by atoms with Gasteiger partial charge in [0.2, 0.25) is 5.91 Å². The summed E-state index contributed by atoms with van der Waals surface area (Å²) in [5.74, 6) is 0.756. The Bertz CT molecular complexity index is 801. The molecule has 26 heavy (non-hydrogen) atoms. The summed E-state index contributed by atoms with van der Waals surface area (Å²) in [4.78, 5) is 12.4. The van der Waals surface area contributed by atoms with E-state index in [1.807, 2.05) is 37.3 Å². The molecule has 2 aromatic carbocycles. The summed E-state index contributed by atoms with van der Waals surface area (Å²) in [7, 11) is -3.21. The molecule has 2 rings (SSSR count). The van der Waals surface area contributed by atoms with Crippen LogP contribution in [-0.4, -0.2) is 27.2 Å². The zero-order valence-electron chi connectivity index (χ0n) is 15.1. The third kappa shape index (κ3) is 6.19. The number of carbonyl (C=O) groups excluding carboxylic acids is 1. The maximum absolute atomic E-state index is 12.2. The molecule has 0 aliphatic heterocycles. The smallest absolute Gasteiger partial charge is 0.220 e. The first-order valence-electron chi connectivity index (χ1n) is 8.67. The molecule has 0 fully saturated rings. The van der Waals surface area contributed by atoms with E-state index in [0.717, 1.165) is 17.7 Å². The van der Waals surface area contributed by atoms with E-state index in [9.17, 15) is 13.2 Å². The van der Waals surface area contributed by atoms with Crippen LogP contribution in [0.15, 0.2) is 59.5 Å². The summed E-state index contributed by atoms with van der Waals surface area (Å²) in [5.41, 5.74) is 0.897. The van der Waals surface area contributed by atoms with E-state index in [0.29, 0.717) is 19.4 Å². The molecule has 0 aliphatic rings. The minimum Gasteiger partial charge on any atom is -0.494 e. The first kappa shape index (κ1) is 20.0. The fraction of sp³-hybridized carbons (Fsp3) is 0.350. The van der Waals surface area contributed by atoms with Crippen molar-refractivity contribution in [3.05, 3.63) is 60.2 Å². The summed E-state index contributed by atoms with van der Waals surface area (Å²) in [6.45, 7) is 2.46. The number of hydrogen-bond acceptors (Lipinski definition) is 4. The number of para-hydroxylation sites is 1. The van der Waals surface area contributed by atoms with E-state index < -0.39 is 9.84 Å². The molecule has 1 amide bonds. The Morgan fingerprint density at radius 1 is 1.08 bits per heavy atom. The second kappa shape index (κ2) is 9.38. The van der Waals surface area contributed by atoms with Crippen molar-refractivity contribution in [1.82, 2.24) is 5.32 Å². The van der Waals surface area contributed by atoms with Gasteiger partial charge in [0, 0.05) is 12.7 Å². The van der Waals surface area contributed by atoms with E-state index in [1.165, 1.54) is 6.26 Å². The van der Waals surface area contributed by atoms with Crippen LogP contribution in [-0.2, 0) is 14.6 Å². The van der Waals surface area contributed by atoms with Crippen molar-refractivity contribution >= 4 is 15.7 Å². The van der Waals surface area contributed by atoms with Gasteiger partial charge in [-0.3, -0.25) is 4.79 Å². The van der Waals surface area contributed by atoms with Crippen molar-refractivity contribution in [1.29, 1.82) is 0 Å². The van der Waals surface area contributed by atoms with Crippen molar-refractivity contribution in [3.8, 4) is 5.75 Å². The maximum Gasteiger partial charge on any atom is 0.220 e. The van der Waals surface area contributed by atoms with Gasteiger partial charge in [0.1, 0.15) is 5.75 Å². The highest BCUT2D eigenvalue weighted by Gasteiger charge is 2.14. The lowest BCUT2D eigenvalue weighted by molar-refractivity contribution is -0.122. The van der Waals surface area contributed by atoms with Crippen molar-refractivity contribution in [2.75, 3.05) is 12.9 Å². The molecular formula is C20H25NO4S. The van der Waals surface area contributed by atoms with Gasteiger partial charge in [-0.25, -0.2) is 8.42 Å². The van der Waals surface area contributed by atoms with Gasteiger partial charge in [-0.15, -0.1) is 0 Å². The zero-order valence-corrected chi connectivity index (χ0v) is 16.0. The summed E-state index contributed by atoms with van der Waals surface area (Å²) in [6, 6.07) is 16.0. The Morgan fingerprint density at radius 3 is 2.31 bits per heavy atom. The average Bonchev–Trinajstić information content (AvgIpc) is 2.63. The highest BCUT2D eigenvalue weighted by molar-refractivity contribution is 7.90. The summed E-state index contributed by atoms with van der Waals surface area (Å²) in [6.07, 6.45) is 2.91. The van der Waals surface area contributed by atoms with Crippen molar-refractivity contribution in [2.24, 2.45) is 0 Å². The Kier molecular flexibility index (Phi) is 7.21. The maximum atomic E-state index is 12.2. The standard InChI is InChI=1S/C20H25NO4S/c1-3-19(16-11-13-18(14-12-16)26(2,23)24)21-20(22)10-7-15-25-17-8-5-4-6-9-17/h4-6,8-9,11-14,19H,3,7,10,15H2,1-2H3,(H,21,22)/t19-/m0/s1. The lowest BCUT2D eigenvalue weighted by Crippen LogP contribution is -2.28. The average molecular weight is 375 g/mol. The number of amides is 1. The van der Waals surface area contributed by atoms with Crippen molar-refractivity contribution in [3.63, 3.8) is 0 Å². The van der Waals surface area contributed by atoms with Crippen molar-refractivity contribution in [2.45, 2.75) is 37.1 Å². The van der Waals surface area contributed by atoms with Crippen LogP contribution in [0, 0.1) is 0 Å². The SMILES string of the molecule is CC[C@H](NC(=O)CCCOc1ccccc1)c1ccc(S(C)(=O)=O)cc1. The molecule has 6 heteroatoms. The number of carbonyl (C=O) groups is 1. The van der Waals surface area contributed by atoms with E-state index in [2.05, 4.69) is 5.32 Å². The lowest BCUT2D eigenvalue weighted by atomic mass is 10.0. The largest absolute Gasteiger partial charge is 0.494 e. The second-order valence-electron chi connectivity index (χ2n) is 6.13. The minimum atomic E-state index is -3.21. The van der Waals surface area contributed by atoms with E-state index >= 15 is 0 Å². The van der Waals surface area contributed by atoms with Gasteiger partial charge in [-0.1, -0.05) is 37.3 Å². The summed E-state index contributed by atoms with van der Waals surface area (Å²) >= 11 is 0. The molecule has 2 aromatic rings. The number of nitrogens with one attached hydrogen (secondary N) is 1. The highest BCUT2D eigenvalue weighted by Crippen LogP contribution is 2.19. The van der Waals surface area contributed by atoms with Gasteiger partial charge >= 0.3 is 0 Å². The zero-order chi connectivity index (χ0) is 19.0. The van der Waals surface area contributed by atoms with Crippen LogP contribution in [0.2, 0.25) is 0 Å². The number of hydrogen-bond donors (Lipinski definition) is 1. The molecule has 0 aliphatic carbocycles. The Morgan fingerprint density at radius 2 is 1.73 bits per heavy atom. The molecule has 0 radical (unpaired) electrons. The second-order valence-corrected chi connectivity index (χ2v) is 8.15. The minimum absolute atomic E-state index is 0.0410. The van der Waals surface area contributed by atoms with Gasteiger partial charge in [0.05, 0.1) is 17.5 Å². The molecular weight excluding hydrogens is 350 g/mol. The molecule has 0 aromatic heterocycles.